The van der Waals surface area contributed by atoms with E-state index in [1.54, 1.807) is 14.1 Å². The average Bonchev–Trinajstić information content (AvgIpc) is 2.90. The topological polar surface area (TPSA) is 165 Å². The molecule has 0 bridgehead atoms. The summed E-state index contributed by atoms with van der Waals surface area (Å²) < 4.78 is 0. The van der Waals surface area contributed by atoms with Gasteiger partial charge in [-0.3, -0.25) is 19.3 Å². The van der Waals surface area contributed by atoms with E-state index in [1.807, 2.05) is 70.1 Å². The molecule has 0 spiro atoms. The van der Waals surface area contributed by atoms with Crippen LogP contribution in [0.5, 0.6) is 5.75 Å². The van der Waals surface area contributed by atoms with Crippen molar-refractivity contribution < 1.29 is 34.8 Å². The Bertz CT molecular complexity index is 1630. The highest BCUT2D eigenvalue weighted by Crippen LogP contribution is 2.54. The number of likely N-dealkylation sites (N-methyl/N-ethyl adjacent to an activating group) is 1. The molecule has 0 fully saturated rings. The van der Waals surface area contributed by atoms with E-state index in [0.717, 1.165) is 16.8 Å². The van der Waals surface area contributed by atoms with E-state index in [1.165, 1.54) is 4.90 Å². The van der Waals surface area contributed by atoms with Crippen LogP contribution in [-0.2, 0) is 21.4 Å². The van der Waals surface area contributed by atoms with Crippen molar-refractivity contribution in [2.75, 3.05) is 33.1 Å². The summed E-state index contributed by atoms with van der Waals surface area (Å²) in [6.45, 7) is 5.75. The summed E-state index contributed by atoms with van der Waals surface area (Å²) in [4.78, 5) is 43.6. The van der Waals surface area contributed by atoms with Crippen molar-refractivity contribution in [3.63, 3.8) is 0 Å². The number of primary amides is 1. The first kappa shape index (κ1) is 30.3. The number of carbonyl (C=O) groups is 3. The summed E-state index contributed by atoms with van der Waals surface area (Å²) in [6.07, 6.45) is 0.254. The Morgan fingerprint density at radius 1 is 1.02 bits per heavy atom. The lowest BCUT2D eigenvalue weighted by molar-refractivity contribution is -0.148. The van der Waals surface area contributed by atoms with Crippen molar-refractivity contribution in [1.82, 2.24) is 4.90 Å². The molecule has 4 atom stereocenters. The first-order valence-electron chi connectivity index (χ1n) is 14.2. The van der Waals surface area contributed by atoms with Gasteiger partial charge in [0.05, 0.1) is 11.6 Å². The van der Waals surface area contributed by atoms with Crippen molar-refractivity contribution in [3.05, 3.63) is 69.7 Å². The third kappa shape index (κ3) is 4.34. The number of ketones is 2. The molecule has 0 heterocycles. The Labute approximate surface area is 250 Å². The summed E-state index contributed by atoms with van der Waals surface area (Å²) in [5.41, 5.74) is 4.94. The third-order valence-corrected chi connectivity index (χ3v) is 9.23. The molecule has 5 rings (SSSR count). The molecule has 2 aromatic rings. The van der Waals surface area contributed by atoms with Crippen LogP contribution in [-0.4, -0.2) is 82.6 Å². The lowest BCUT2D eigenvalue weighted by Crippen LogP contribution is -2.63. The van der Waals surface area contributed by atoms with Crippen LogP contribution in [0, 0.1) is 11.8 Å². The zero-order chi connectivity index (χ0) is 31.9. The van der Waals surface area contributed by atoms with Gasteiger partial charge in [-0.25, -0.2) is 0 Å². The number of hydrogen-bond donors (Lipinski definition) is 5. The van der Waals surface area contributed by atoms with E-state index in [9.17, 15) is 34.8 Å². The number of benzene rings is 2. The maximum Gasteiger partial charge on any atom is 0.255 e. The number of fused-ring (bicyclic) bond motifs is 3. The number of anilines is 1. The predicted octanol–water partition coefficient (Wildman–Crippen LogP) is 3.15. The molecule has 6 N–H and O–H groups in total. The SMILES string of the molecule is CN(C)c1ccc(-c2cc(C(C)(C)C)c(O)c3c2C[C@H]2C[C@H]4[C@H](N(C)C)C(O)=C(C(N)=O)C(=O)[C@@]4(O)C(O)=C2C3=O)cc1. The Balaban J connectivity index is 1.77. The summed E-state index contributed by atoms with van der Waals surface area (Å²) in [7, 11) is 7.09. The molecule has 3 aliphatic carbocycles. The zero-order valence-corrected chi connectivity index (χ0v) is 25.5. The molecular formula is C33H39N3O7. The summed E-state index contributed by atoms with van der Waals surface area (Å²) in [5, 5.41) is 46.1. The molecule has 0 radical (unpaired) electrons. The summed E-state index contributed by atoms with van der Waals surface area (Å²) in [6, 6.07) is 8.71. The number of allylic oxidation sites excluding steroid dienone is 1. The normalized spacial score (nSPS) is 25.5. The molecule has 2 aromatic carbocycles. The van der Waals surface area contributed by atoms with Gasteiger partial charge in [-0.05, 0) is 73.2 Å². The molecule has 0 unspecified atom stereocenters. The zero-order valence-electron chi connectivity index (χ0n) is 25.5. The fourth-order valence-electron chi connectivity index (χ4n) is 7.09. The summed E-state index contributed by atoms with van der Waals surface area (Å²) in [5.74, 6) is -6.61. The van der Waals surface area contributed by atoms with Crippen molar-refractivity contribution in [1.29, 1.82) is 0 Å². The van der Waals surface area contributed by atoms with Gasteiger partial charge in [0.25, 0.3) is 5.91 Å². The van der Waals surface area contributed by atoms with Crippen LogP contribution >= 0.6 is 0 Å². The second-order valence-corrected chi connectivity index (χ2v) is 13.3. The first-order chi connectivity index (χ1) is 19.9. The molecule has 10 heteroatoms. The van der Waals surface area contributed by atoms with E-state index in [4.69, 9.17) is 5.73 Å². The van der Waals surface area contributed by atoms with Gasteiger partial charge < -0.3 is 31.1 Å². The average molecular weight is 590 g/mol. The molecule has 43 heavy (non-hydrogen) atoms. The number of hydrogen-bond acceptors (Lipinski definition) is 9. The molecule has 0 aliphatic heterocycles. The van der Waals surface area contributed by atoms with Crippen LogP contribution in [0.3, 0.4) is 0 Å². The Hall–Kier alpha value is -4.15. The van der Waals surface area contributed by atoms with Gasteiger partial charge in [-0.15, -0.1) is 0 Å². The van der Waals surface area contributed by atoms with Gasteiger partial charge in [0.1, 0.15) is 22.8 Å². The number of phenolic OH excluding ortho intramolecular Hbond substituents is 1. The number of nitrogens with zero attached hydrogens (tertiary/aromatic N) is 2. The van der Waals surface area contributed by atoms with Crippen molar-refractivity contribution in [2.24, 2.45) is 17.6 Å². The minimum absolute atomic E-state index is 0.0138. The fraction of sp³-hybridized carbons (Fsp3) is 0.424. The number of Topliss-reactive ketones (excluding diaryl/α,β-unsaturated/α-hetero) is 2. The van der Waals surface area contributed by atoms with Crippen LogP contribution in [0.15, 0.2) is 53.0 Å². The van der Waals surface area contributed by atoms with Gasteiger partial charge in [-0.2, -0.15) is 0 Å². The summed E-state index contributed by atoms with van der Waals surface area (Å²) >= 11 is 0. The second-order valence-electron chi connectivity index (χ2n) is 13.3. The maximum atomic E-state index is 14.3. The standard InChI is InChI=1S/C33H39N3O7/c1-32(2,3)21-14-18(15-8-10-17(11-9-15)35(4)5)19-12-16-13-20-25(36(6)7)28(39)24(31(34)42)30(41)33(20,43)29(40)22(16)27(38)23(19)26(21)37/h8-11,14,16,20,25,37,39-40,43H,12-13H2,1-7H3,(H2,34,42)/t16-,20-,25-,33-/m0/s1. The lowest BCUT2D eigenvalue weighted by Gasteiger charge is -2.50. The van der Waals surface area contributed by atoms with Gasteiger partial charge in [0.15, 0.2) is 11.4 Å². The van der Waals surface area contributed by atoms with E-state index in [2.05, 4.69) is 0 Å². The molecule has 0 saturated heterocycles. The molecule has 1 amide bonds. The number of aliphatic hydroxyl groups is 3. The highest BCUT2D eigenvalue weighted by molar-refractivity contribution is 6.25. The molecule has 0 saturated carbocycles. The van der Waals surface area contributed by atoms with E-state index in [0.29, 0.717) is 11.1 Å². The van der Waals surface area contributed by atoms with Crippen LogP contribution in [0.1, 0.15) is 48.7 Å². The smallest absolute Gasteiger partial charge is 0.255 e. The molecular weight excluding hydrogens is 550 g/mol. The fourth-order valence-corrected chi connectivity index (χ4v) is 7.09. The van der Waals surface area contributed by atoms with Crippen molar-refractivity contribution >= 4 is 23.2 Å². The van der Waals surface area contributed by atoms with Gasteiger partial charge in [0, 0.05) is 36.8 Å². The van der Waals surface area contributed by atoms with Gasteiger partial charge >= 0.3 is 0 Å². The molecule has 10 nitrogen and oxygen atoms in total. The third-order valence-electron chi connectivity index (χ3n) is 9.23. The second kappa shape index (κ2) is 9.96. The molecule has 3 aliphatic rings. The molecule has 228 valence electrons. The first-order valence-corrected chi connectivity index (χ1v) is 14.2. The number of aliphatic hydroxyl groups excluding tert-OH is 2. The Morgan fingerprint density at radius 3 is 2.14 bits per heavy atom. The number of phenols is 1. The number of nitrogens with two attached hydrogens (primary N) is 1. The Morgan fingerprint density at radius 2 is 1.63 bits per heavy atom. The number of aromatic hydroxyl groups is 1. The van der Waals surface area contributed by atoms with Crippen molar-refractivity contribution in [3.8, 4) is 16.9 Å². The van der Waals surface area contributed by atoms with Crippen molar-refractivity contribution in [2.45, 2.75) is 50.7 Å². The monoisotopic (exact) mass is 589 g/mol. The Kier molecular flexibility index (Phi) is 7.02. The minimum Gasteiger partial charge on any atom is -0.510 e. The minimum atomic E-state index is -2.67. The number of carbonyl (C=O) groups excluding carboxylic acids is 3. The van der Waals surface area contributed by atoms with Crippen LogP contribution in [0.4, 0.5) is 5.69 Å². The van der Waals surface area contributed by atoms with E-state index in [-0.39, 0.29) is 29.7 Å². The number of amides is 1. The van der Waals surface area contributed by atoms with Crippen LogP contribution in [0.25, 0.3) is 11.1 Å². The highest BCUT2D eigenvalue weighted by atomic mass is 16.3. The van der Waals surface area contributed by atoms with Gasteiger partial charge in [-0.1, -0.05) is 32.9 Å². The predicted molar refractivity (Wildman–Crippen MR) is 162 cm³/mol. The molecule has 0 aromatic heterocycles. The number of rotatable bonds is 4. The quantitative estimate of drug-likeness (QED) is 0.337. The van der Waals surface area contributed by atoms with Crippen LogP contribution in [0.2, 0.25) is 0 Å². The van der Waals surface area contributed by atoms with Gasteiger partial charge in [0.2, 0.25) is 5.78 Å². The maximum absolute atomic E-state index is 14.3. The van der Waals surface area contributed by atoms with E-state index < -0.39 is 63.5 Å². The van der Waals surface area contributed by atoms with E-state index >= 15 is 0 Å². The largest absolute Gasteiger partial charge is 0.510 e. The van der Waals surface area contributed by atoms with Crippen LogP contribution < -0.4 is 10.6 Å². The lowest BCUT2D eigenvalue weighted by atomic mass is 9.58. The highest BCUT2D eigenvalue weighted by Gasteiger charge is 2.63.